The van der Waals surface area contributed by atoms with Gasteiger partial charge in [0.05, 0.1) is 11.9 Å². The lowest BCUT2D eigenvalue weighted by molar-refractivity contribution is 0.0692. The molecule has 0 aliphatic rings. The molecule has 2 N–H and O–H groups in total. The van der Waals surface area contributed by atoms with Crippen LogP contribution in [0.25, 0.3) is 0 Å². The van der Waals surface area contributed by atoms with Crippen LogP contribution in [0.5, 0.6) is 0 Å². The summed E-state index contributed by atoms with van der Waals surface area (Å²) in [5.74, 6) is -2.36. The number of hydrogen-bond acceptors (Lipinski definition) is 4. The smallest absolute Gasteiger partial charge is 0.338 e. The molecule has 2 aromatic rings. The molecule has 0 aliphatic carbocycles. The highest BCUT2D eigenvalue weighted by Gasteiger charge is 2.15. The monoisotopic (exact) mass is 264 g/mol. The molecule has 0 fully saturated rings. The van der Waals surface area contributed by atoms with Crippen molar-refractivity contribution in [2.45, 2.75) is 19.9 Å². The Hall–Kier alpha value is -2.44. The Balaban J connectivity index is 2.28. The molecule has 2 heterocycles. The number of aromatic carboxylic acids is 1. The van der Waals surface area contributed by atoms with Crippen LogP contribution in [0.2, 0.25) is 0 Å². The van der Waals surface area contributed by atoms with Gasteiger partial charge in [0.2, 0.25) is 0 Å². The number of pyridine rings is 1. The molecule has 0 atom stereocenters. The van der Waals surface area contributed by atoms with E-state index in [-0.39, 0.29) is 11.9 Å². The van der Waals surface area contributed by atoms with Crippen LogP contribution in [0.4, 0.5) is 15.9 Å². The third kappa shape index (κ3) is 2.70. The average Bonchev–Trinajstić information content (AvgIpc) is 2.80. The number of carbonyl (C=O) groups is 1. The minimum absolute atomic E-state index is 0.136. The summed E-state index contributed by atoms with van der Waals surface area (Å²) in [6.45, 7) is 3.92. The fourth-order valence-corrected chi connectivity index (χ4v) is 1.52. The van der Waals surface area contributed by atoms with E-state index in [0.717, 1.165) is 6.07 Å². The Labute approximate surface area is 108 Å². The number of nitrogens with zero attached hydrogens (tertiary/aromatic N) is 3. The first-order valence-electron chi connectivity index (χ1n) is 5.68. The number of rotatable bonds is 4. The minimum atomic E-state index is -1.33. The van der Waals surface area contributed by atoms with Gasteiger partial charge in [-0.2, -0.15) is 5.10 Å². The van der Waals surface area contributed by atoms with Crippen LogP contribution < -0.4 is 5.32 Å². The molecular formula is C12H13FN4O2. The number of aromatic nitrogens is 3. The van der Waals surface area contributed by atoms with Crippen LogP contribution in [0.15, 0.2) is 24.7 Å². The van der Waals surface area contributed by atoms with E-state index in [1.807, 2.05) is 13.8 Å². The van der Waals surface area contributed by atoms with Crippen molar-refractivity contribution in [2.75, 3.05) is 5.32 Å². The van der Waals surface area contributed by atoms with Crippen LogP contribution in [-0.2, 0) is 0 Å². The lowest BCUT2D eigenvalue weighted by Gasteiger charge is -2.06. The Bertz CT molecular complexity index is 610. The van der Waals surface area contributed by atoms with Crippen molar-refractivity contribution in [1.82, 2.24) is 14.8 Å². The third-order valence-electron chi connectivity index (χ3n) is 2.51. The first-order valence-corrected chi connectivity index (χ1v) is 5.68. The summed E-state index contributed by atoms with van der Waals surface area (Å²) < 4.78 is 15.5. The topological polar surface area (TPSA) is 80.0 Å². The van der Waals surface area contributed by atoms with Gasteiger partial charge in [0.15, 0.2) is 11.6 Å². The molecule has 0 saturated heterocycles. The van der Waals surface area contributed by atoms with Gasteiger partial charge in [-0.25, -0.2) is 14.2 Å². The predicted octanol–water partition coefficient (Wildman–Crippen LogP) is 2.44. The molecule has 0 aliphatic heterocycles. The quantitative estimate of drug-likeness (QED) is 0.886. The molecule has 6 nitrogen and oxygen atoms in total. The molecule has 7 heteroatoms. The average molecular weight is 264 g/mol. The van der Waals surface area contributed by atoms with E-state index in [9.17, 15) is 9.18 Å². The fraction of sp³-hybridized carbons (Fsp3) is 0.250. The van der Waals surface area contributed by atoms with Gasteiger partial charge in [0.1, 0.15) is 5.56 Å². The Morgan fingerprint density at radius 3 is 2.84 bits per heavy atom. The fourth-order valence-electron chi connectivity index (χ4n) is 1.52. The van der Waals surface area contributed by atoms with Crippen molar-refractivity contribution >= 4 is 17.5 Å². The standard InChI is InChI=1S/C12H13FN4O2/c1-7(2)17-6-8(5-15-17)16-11-10(13)9(12(18)19)3-4-14-11/h3-7H,1-2H3,(H,14,16)(H,18,19). The zero-order valence-electron chi connectivity index (χ0n) is 10.5. The van der Waals surface area contributed by atoms with Crippen molar-refractivity contribution in [3.63, 3.8) is 0 Å². The molecule has 0 saturated carbocycles. The maximum Gasteiger partial charge on any atom is 0.338 e. The maximum absolute atomic E-state index is 13.8. The zero-order valence-corrected chi connectivity index (χ0v) is 10.5. The highest BCUT2D eigenvalue weighted by Crippen LogP contribution is 2.20. The molecule has 19 heavy (non-hydrogen) atoms. The highest BCUT2D eigenvalue weighted by molar-refractivity contribution is 5.89. The maximum atomic E-state index is 13.8. The number of anilines is 2. The highest BCUT2D eigenvalue weighted by atomic mass is 19.1. The lowest BCUT2D eigenvalue weighted by atomic mass is 10.2. The van der Waals surface area contributed by atoms with Crippen LogP contribution in [0.3, 0.4) is 0 Å². The number of nitrogens with one attached hydrogen (secondary N) is 1. The van der Waals surface area contributed by atoms with Gasteiger partial charge < -0.3 is 10.4 Å². The van der Waals surface area contributed by atoms with Crippen LogP contribution in [-0.4, -0.2) is 25.8 Å². The van der Waals surface area contributed by atoms with E-state index in [1.165, 1.54) is 12.4 Å². The molecule has 100 valence electrons. The van der Waals surface area contributed by atoms with E-state index in [0.29, 0.717) is 5.69 Å². The largest absolute Gasteiger partial charge is 0.478 e. The van der Waals surface area contributed by atoms with Gasteiger partial charge in [0, 0.05) is 18.4 Å². The zero-order chi connectivity index (χ0) is 14.0. The summed E-state index contributed by atoms with van der Waals surface area (Å²) >= 11 is 0. The van der Waals surface area contributed by atoms with Gasteiger partial charge in [-0.3, -0.25) is 4.68 Å². The van der Waals surface area contributed by atoms with Crippen molar-refractivity contribution in [2.24, 2.45) is 0 Å². The molecular weight excluding hydrogens is 251 g/mol. The molecule has 0 spiro atoms. The van der Waals surface area contributed by atoms with Gasteiger partial charge in [-0.1, -0.05) is 0 Å². The molecule has 0 bridgehead atoms. The van der Waals surface area contributed by atoms with Gasteiger partial charge in [-0.05, 0) is 19.9 Å². The molecule has 0 amide bonds. The van der Waals surface area contributed by atoms with Crippen molar-refractivity contribution in [1.29, 1.82) is 0 Å². The van der Waals surface area contributed by atoms with E-state index < -0.39 is 17.3 Å². The van der Waals surface area contributed by atoms with E-state index in [4.69, 9.17) is 5.11 Å². The van der Waals surface area contributed by atoms with Crippen molar-refractivity contribution < 1.29 is 14.3 Å². The molecule has 0 radical (unpaired) electrons. The second-order valence-electron chi connectivity index (χ2n) is 4.25. The van der Waals surface area contributed by atoms with E-state index in [1.54, 1.807) is 10.9 Å². The van der Waals surface area contributed by atoms with Gasteiger partial charge in [-0.15, -0.1) is 0 Å². The second-order valence-corrected chi connectivity index (χ2v) is 4.25. The van der Waals surface area contributed by atoms with E-state index >= 15 is 0 Å². The minimum Gasteiger partial charge on any atom is -0.478 e. The first kappa shape index (κ1) is 13.0. The lowest BCUT2D eigenvalue weighted by Crippen LogP contribution is -2.05. The van der Waals surface area contributed by atoms with Crippen LogP contribution in [0.1, 0.15) is 30.2 Å². The molecule has 2 aromatic heterocycles. The second kappa shape index (κ2) is 5.05. The van der Waals surface area contributed by atoms with Gasteiger partial charge >= 0.3 is 5.97 Å². The number of hydrogen-bond donors (Lipinski definition) is 2. The van der Waals surface area contributed by atoms with E-state index in [2.05, 4.69) is 15.4 Å². The molecule has 0 aromatic carbocycles. The van der Waals surface area contributed by atoms with Crippen LogP contribution >= 0.6 is 0 Å². The first-order chi connectivity index (χ1) is 8.99. The Kier molecular flexibility index (Phi) is 3.46. The SMILES string of the molecule is CC(C)n1cc(Nc2nccc(C(=O)O)c2F)cn1. The summed E-state index contributed by atoms with van der Waals surface area (Å²) in [6, 6.07) is 1.29. The molecule has 2 rings (SSSR count). The molecule has 0 unspecified atom stereocenters. The predicted molar refractivity (Wildman–Crippen MR) is 67.0 cm³/mol. The number of halogens is 1. The van der Waals surface area contributed by atoms with Crippen molar-refractivity contribution in [3.05, 3.63) is 36.0 Å². The Morgan fingerprint density at radius 1 is 1.53 bits per heavy atom. The Morgan fingerprint density at radius 2 is 2.26 bits per heavy atom. The summed E-state index contributed by atoms with van der Waals surface area (Å²) in [5, 5.41) is 15.6. The summed E-state index contributed by atoms with van der Waals surface area (Å²) in [5.41, 5.74) is 0.122. The summed E-state index contributed by atoms with van der Waals surface area (Å²) in [6.07, 6.45) is 4.45. The normalized spacial score (nSPS) is 10.7. The number of carboxylic acid groups (broad SMARTS) is 1. The van der Waals surface area contributed by atoms with Gasteiger partial charge in [0.25, 0.3) is 0 Å². The third-order valence-corrected chi connectivity index (χ3v) is 2.51. The summed E-state index contributed by atoms with van der Waals surface area (Å²) in [7, 11) is 0. The van der Waals surface area contributed by atoms with Crippen molar-refractivity contribution in [3.8, 4) is 0 Å². The summed E-state index contributed by atoms with van der Waals surface area (Å²) in [4.78, 5) is 14.6. The number of carboxylic acids is 1. The van der Waals surface area contributed by atoms with Crippen LogP contribution in [0, 0.1) is 5.82 Å².